The van der Waals surface area contributed by atoms with Gasteiger partial charge < -0.3 is 10.1 Å². The fourth-order valence-electron chi connectivity index (χ4n) is 2.27. The average molecular weight is 288 g/mol. The van der Waals surface area contributed by atoms with E-state index in [0.29, 0.717) is 6.04 Å². The molecule has 0 saturated carbocycles. The van der Waals surface area contributed by atoms with E-state index in [4.69, 9.17) is 0 Å². The van der Waals surface area contributed by atoms with Gasteiger partial charge in [-0.25, -0.2) is 0 Å². The maximum Gasteiger partial charge on any atom is 0.422 e. The second-order valence-corrected chi connectivity index (χ2v) is 5.14. The molecule has 20 heavy (non-hydrogen) atoms. The lowest BCUT2D eigenvalue weighted by Crippen LogP contribution is -2.48. The van der Waals surface area contributed by atoms with Crippen LogP contribution in [-0.4, -0.2) is 43.4 Å². The van der Waals surface area contributed by atoms with Gasteiger partial charge in [-0.1, -0.05) is 12.1 Å². The van der Waals surface area contributed by atoms with E-state index in [1.165, 1.54) is 0 Å². The summed E-state index contributed by atoms with van der Waals surface area (Å²) in [5.41, 5.74) is 1.08. The van der Waals surface area contributed by atoms with Gasteiger partial charge in [-0.05, 0) is 24.6 Å². The van der Waals surface area contributed by atoms with E-state index in [1.807, 2.05) is 12.1 Å². The number of benzene rings is 1. The molecule has 112 valence electrons. The van der Waals surface area contributed by atoms with Crippen LogP contribution in [-0.2, 0) is 6.54 Å². The van der Waals surface area contributed by atoms with E-state index in [9.17, 15) is 13.2 Å². The molecular formula is C14H19F3N2O. The van der Waals surface area contributed by atoms with Gasteiger partial charge in [0.25, 0.3) is 0 Å². The summed E-state index contributed by atoms with van der Waals surface area (Å²) in [4.78, 5) is 2.33. The van der Waals surface area contributed by atoms with Gasteiger partial charge in [0, 0.05) is 32.2 Å². The highest BCUT2D eigenvalue weighted by Gasteiger charge is 2.28. The fourth-order valence-corrected chi connectivity index (χ4v) is 2.27. The summed E-state index contributed by atoms with van der Waals surface area (Å²) < 4.78 is 40.8. The summed E-state index contributed by atoms with van der Waals surface area (Å²) in [6.07, 6.45) is -4.30. The number of alkyl halides is 3. The molecule has 1 fully saturated rings. The minimum Gasteiger partial charge on any atom is -0.484 e. The van der Waals surface area contributed by atoms with Crippen molar-refractivity contribution in [1.82, 2.24) is 10.2 Å². The summed E-state index contributed by atoms with van der Waals surface area (Å²) in [6.45, 7) is 4.63. The van der Waals surface area contributed by atoms with Crippen molar-refractivity contribution in [2.75, 3.05) is 26.2 Å². The number of nitrogens with one attached hydrogen (secondary N) is 1. The van der Waals surface area contributed by atoms with E-state index in [2.05, 4.69) is 21.9 Å². The lowest BCUT2D eigenvalue weighted by atomic mass is 10.1. The van der Waals surface area contributed by atoms with Gasteiger partial charge in [0.05, 0.1) is 0 Å². The SMILES string of the molecule is CC1CN(Cc2ccc(OCC(F)(F)F)cc2)CCN1. The lowest BCUT2D eigenvalue weighted by molar-refractivity contribution is -0.153. The highest BCUT2D eigenvalue weighted by Crippen LogP contribution is 2.19. The van der Waals surface area contributed by atoms with Crippen molar-refractivity contribution in [2.45, 2.75) is 25.7 Å². The second kappa shape index (κ2) is 6.45. The number of piperazine rings is 1. The molecular weight excluding hydrogens is 269 g/mol. The topological polar surface area (TPSA) is 24.5 Å². The predicted octanol–water partition coefficient (Wildman–Crippen LogP) is 2.42. The predicted molar refractivity (Wildman–Crippen MR) is 70.7 cm³/mol. The Kier molecular flexibility index (Phi) is 4.88. The summed E-state index contributed by atoms with van der Waals surface area (Å²) in [5.74, 6) is 0.250. The summed E-state index contributed by atoms with van der Waals surface area (Å²) in [5, 5.41) is 3.37. The molecule has 2 rings (SSSR count). The Morgan fingerprint density at radius 2 is 2.00 bits per heavy atom. The third-order valence-corrected chi connectivity index (χ3v) is 3.18. The summed E-state index contributed by atoms with van der Waals surface area (Å²) >= 11 is 0. The molecule has 1 saturated heterocycles. The Bertz CT molecular complexity index is 419. The number of nitrogens with zero attached hydrogens (tertiary/aromatic N) is 1. The molecule has 1 aliphatic rings. The fraction of sp³-hybridized carbons (Fsp3) is 0.571. The van der Waals surface area contributed by atoms with Crippen molar-refractivity contribution >= 4 is 0 Å². The van der Waals surface area contributed by atoms with Gasteiger partial charge in [-0.15, -0.1) is 0 Å². The third-order valence-electron chi connectivity index (χ3n) is 3.18. The van der Waals surface area contributed by atoms with Crippen molar-refractivity contribution in [3.8, 4) is 5.75 Å². The van der Waals surface area contributed by atoms with Gasteiger partial charge in [0.2, 0.25) is 0 Å². The summed E-state index contributed by atoms with van der Waals surface area (Å²) in [6, 6.07) is 7.29. The van der Waals surface area contributed by atoms with Crippen LogP contribution < -0.4 is 10.1 Å². The monoisotopic (exact) mass is 288 g/mol. The van der Waals surface area contributed by atoms with E-state index in [-0.39, 0.29) is 5.75 Å². The highest BCUT2D eigenvalue weighted by atomic mass is 19.4. The van der Waals surface area contributed by atoms with E-state index in [0.717, 1.165) is 31.7 Å². The molecule has 1 heterocycles. The van der Waals surface area contributed by atoms with Gasteiger partial charge in [0.1, 0.15) is 5.75 Å². The van der Waals surface area contributed by atoms with Crippen LogP contribution in [0.4, 0.5) is 13.2 Å². The number of rotatable bonds is 4. The van der Waals surface area contributed by atoms with Crippen molar-refractivity contribution in [3.05, 3.63) is 29.8 Å². The van der Waals surface area contributed by atoms with Crippen molar-refractivity contribution < 1.29 is 17.9 Å². The normalized spacial score (nSPS) is 20.9. The maximum absolute atomic E-state index is 12.0. The first-order valence-corrected chi connectivity index (χ1v) is 6.66. The first-order valence-electron chi connectivity index (χ1n) is 6.66. The molecule has 1 unspecified atom stereocenters. The third kappa shape index (κ3) is 5.02. The first kappa shape index (κ1) is 15.1. The zero-order chi connectivity index (χ0) is 14.6. The molecule has 0 amide bonds. The van der Waals surface area contributed by atoms with Crippen molar-refractivity contribution in [1.29, 1.82) is 0 Å². The Balaban J connectivity index is 1.85. The Morgan fingerprint density at radius 3 is 2.60 bits per heavy atom. The average Bonchev–Trinajstić information content (AvgIpc) is 2.37. The van der Waals surface area contributed by atoms with Crippen LogP contribution in [0.5, 0.6) is 5.75 Å². The van der Waals surface area contributed by atoms with Crippen LogP contribution in [0.25, 0.3) is 0 Å². The molecule has 0 bridgehead atoms. The van der Waals surface area contributed by atoms with Crippen molar-refractivity contribution in [2.24, 2.45) is 0 Å². The number of ether oxygens (including phenoxy) is 1. The maximum atomic E-state index is 12.0. The molecule has 1 atom stereocenters. The number of halogens is 3. The zero-order valence-corrected chi connectivity index (χ0v) is 11.4. The van der Waals surface area contributed by atoms with Gasteiger partial charge >= 0.3 is 6.18 Å². The van der Waals surface area contributed by atoms with Gasteiger partial charge in [-0.3, -0.25) is 4.90 Å². The smallest absolute Gasteiger partial charge is 0.422 e. The van der Waals surface area contributed by atoms with Crippen LogP contribution in [0, 0.1) is 0 Å². The Hall–Kier alpha value is -1.27. The van der Waals surface area contributed by atoms with Gasteiger partial charge in [-0.2, -0.15) is 13.2 Å². The molecule has 1 aliphatic heterocycles. The molecule has 1 aromatic rings. The second-order valence-electron chi connectivity index (χ2n) is 5.14. The molecule has 0 aromatic heterocycles. The van der Waals surface area contributed by atoms with Crippen LogP contribution in [0.1, 0.15) is 12.5 Å². The van der Waals surface area contributed by atoms with Crippen LogP contribution in [0.2, 0.25) is 0 Å². The minimum absolute atomic E-state index is 0.250. The Labute approximate surface area is 116 Å². The number of hydrogen-bond donors (Lipinski definition) is 1. The Morgan fingerprint density at radius 1 is 1.30 bits per heavy atom. The molecule has 6 heteroatoms. The lowest BCUT2D eigenvalue weighted by Gasteiger charge is -2.31. The standard InChI is InChI=1S/C14H19F3N2O/c1-11-8-19(7-6-18-11)9-12-2-4-13(5-3-12)20-10-14(15,16)17/h2-5,11,18H,6-10H2,1H3. The van der Waals surface area contributed by atoms with E-state index >= 15 is 0 Å². The van der Waals surface area contributed by atoms with Crippen LogP contribution >= 0.6 is 0 Å². The molecule has 0 aliphatic carbocycles. The molecule has 1 aromatic carbocycles. The highest BCUT2D eigenvalue weighted by molar-refractivity contribution is 5.27. The van der Waals surface area contributed by atoms with Gasteiger partial charge in [0.15, 0.2) is 6.61 Å². The molecule has 1 N–H and O–H groups in total. The minimum atomic E-state index is -4.30. The molecule has 0 radical (unpaired) electrons. The number of hydrogen-bond acceptors (Lipinski definition) is 3. The van der Waals surface area contributed by atoms with E-state index < -0.39 is 12.8 Å². The van der Waals surface area contributed by atoms with E-state index in [1.54, 1.807) is 12.1 Å². The van der Waals surface area contributed by atoms with Crippen LogP contribution in [0.3, 0.4) is 0 Å². The first-order chi connectivity index (χ1) is 9.42. The summed E-state index contributed by atoms with van der Waals surface area (Å²) in [7, 11) is 0. The quantitative estimate of drug-likeness (QED) is 0.921. The van der Waals surface area contributed by atoms with Crippen LogP contribution in [0.15, 0.2) is 24.3 Å². The molecule has 3 nitrogen and oxygen atoms in total. The largest absolute Gasteiger partial charge is 0.484 e. The molecule has 0 spiro atoms. The zero-order valence-electron chi connectivity index (χ0n) is 11.4. The van der Waals surface area contributed by atoms with Crippen molar-refractivity contribution in [3.63, 3.8) is 0 Å².